The van der Waals surface area contributed by atoms with Crippen LogP contribution in [0.5, 0.6) is 0 Å². The molecule has 0 aliphatic carbocycles. The van der Waals surface area contributed by atoms with E-state index in [4.69, 9.17) is 4.52 Å². The van der Waals surface area contributed by atoms with Crippen molar-refractivity contribution in [3.63, 3.8) is 0 Å². The van der Waals surface area contributed by atoms with Gasteiger partial charge < -0.3 is 14.2 Å². The molecular formula is C28H29N3O4S. The smallest absolute Gasteiger partial charge is 0.167 e. The third-order valence-corrected chi connectivity index (χ3v) is 6.75. The van der Waals surface area contributed by atoms with Crippen molar-refractivity contribution in [3.05, 3.63) is 95.2 Å². The number of hydrogen-bond acceptors (Lipinski definition) is 6. The summed E-state index contributed by atoms with van der Waals surface area (Å²) in [6.07, 6.45) is 6.47. The molecule has 0 amide bonds. The van der Waals surface area contributed by atoms with Crippen LogP contribution in [0.4, 0.5) is 0 Å². The highest BCUT2D eigenvalue weighted by Gasteiger charge is 2.12. The van der Waals surface area contributed by atoms with Crippen molar-refractivity contribution in [2.75, 3.05) is 12.0 Å². The van der Waals surface area contributed by atoms with Gasteiger partial charge in [0.15, 0.2) is 5.76 Å². The summed E-state index contributed by atoms with van der Waals surface area (Å²) in [5, 5.41) is 14.0. The molecule has 2 aromatic carbocycles. The monoisotopic (exact) mass is 503 g/mol. The molecule has 0 unspecified atom stereocenters. The third-order valence-electron chi connectivity index (χ3n) is 5.72. The minimum absolute atomic E-state index is 0.239. The van der Waals surface area contributed by atoms with E-state index < -0.39 is 15.9 Å². The van der Waals surface area contributed by atoms with Gasteiger partial charge in [0, 0.05) is 47.2 Å². The second-order valence-electron chi connectivity index (χ2n) is 8.88. The highest BCUT2D eigenvalue weighted by atomic mass is 32.2. The van der Waals surface area contributed by atoms with Gasteiger partial charge in [-0.2, -0.15) is 0 Å². The Labute approximate surface area is 211 Å². The number of aliphatic hydroxyl groups excluding tert-OH is 1. The van der Waals surface area contributed by atoms with Crippen molar-refractivity contribution >= 4 is 9.84 Å². The molecule has 1 N–H and O–H groups in total. The Morgan fingerprint density at radius 2 is 1.69 bits per heavy atom. The SMILES string of the molecule is C[C@H](O)c1nccn1Cc1cc(-c2ccc(C#Cc3ccc(CCCCS(C)(=O)=O)cc3)cc2)on1. The van der Waals surface area contributed by atoms with Gasteiger partial charge in [-0.15, -0.1) is 0 Å². The molecule has 2 aromatic heterocycles. The van der Waals surface area contributed by atoms with E-state index in [1.54, 1.807) is 19.3 Å². The van der Waals surface area contributed by atoms with Crippen LogP contribution in [-0.4, -0.2) is 40.2 Å². The molecule has 4 aromatic rings. The number of benzene rings is 2. The van der Waals surface area contributed by atoms with Crippen molar-refractivity contribution < 1.29 is 18.0 Å². The highest BCUT2D eigenvalue weighted by Crippen LogP contribution is 2.22. The molecule has 2 heterocycles. The predicted octanol–water partition coefficient (Wildman–Crippen LogP) is 4.41. The van der Waals surface area contributed by atoms with E-state index in [0.29, 0.717) is 24.6 Å². The first kappa shape index (κ1) is 25.4. The lowest BCUT2D eigenvalue weighted by atomic mass is 10.1. The van der Waals surface area contributed by atoms with Crippen LogP contribution >= 0.6 is 0 Å². The Bertz CT molecular complexity index is 1460. The molecular weight excluding hydrogens is 474 g/mol. The molecule has 0 bridgehead atoms. The Hall–Kier alpha value is -3.67. The molecule has 0 spiro atoms. The summed E-state index contributed by atoms with van der Waals surface area (Å²) in [4.78, 5) is 4.18. The average Bonchev–Trinajstić information content (AvgIpc) is 3.51. The van der Waals surface area contributed by atoms with E-state index in [1.165, 1.54) is 11.8 Å². The molecule has 8 heteroatoms. The van der Waals surface area contributed by atoms with Crippen LogP contribution in [0.3, 0.4) is 0 Å². The lowest BCUT2D eigenvalue weighted by Gasteiger charge is -2.07. The summed E-state index contributed by atoms with van der Waals surface area (Å²) < 4.78 is 29.8. The second kappa shape index (κ2) is 11.4. The maximum Gasteiger partial charge on any atom is 0.167 e. The van der Waals surface area contributed by atoms with Gasteiger partial charge in [0.05, 0.1) is 6.54 Å². The van der Waals surface area contributed by atoms with Gasteiger partial charge in [-0.3, -0.25) is 0 Å². The first-order chi connectivity index (χ1) is 17.3. The summed E-state index contributed by atoms with van der Waals surface area (Å²) in [6.45, 7) is 2.15. The minimum Gasteiger partial charge on any atom is -0.385 e. The zero-order valence-corrected chi connectivity index (χ0v) is 21.2. The van der Waals surface area contributed by atoms with Crippen LogP contribution in [0.2, 0.25) is 0 Å². The van der Waals surface area contributed by atoms with E-state index in [9.17, 15) is 13.5 Å². The standard InChI is InChI=1S/C28H29N3O4S/c1-21(32)28-29-16-17-31(28)20-26-19-27(35-30-26)25-14-12-24(13-15-25)11-10-23-8-6-22(7-9-23)5-3-4-18-36(2,33)34/h6-9,12-17,19,21,32H,3-5,18,20H2,1-2H3/t21-/m0/s1. The minimum atomic E-state index is -2.89. The van der Waals surface area contributed by atoms with Crippen LogP contribution in [-0.2, 0) is 22.8 Å². The van der Waals surface area contributed by atoms with Gasteiger partial charge in [-0.1, -0.05) is 29.1 Å². The molecule has 0 radical (unpaired) electrons. The number of aromatic nitrogens is 3. The maximum absolute atomic E-state index is 11.2. The van der Waals surface area contributed by atoms with Crippen molar-refractivity contribution in [3.8, 4) is 23.2 Å². The van der Waals surface area contributed by atoms with Gasteiger partial charge >= 0.3 is 0 Å². The van der Waals surface area contributed by atoms with Crippen molar-refractivity contribution in [1.82, 2.24) is 14.7 Å². The molecule has 0 saturated carbocycles. The Balaban J connectivity index is 1.34. The number of nitrogens with zero attached hydrogens (tertiary/aromatic N) is 3. The van der Waals surface area contributed by atoms with E-state index in [0.717, 1.165) is 35.2 Å². The average molecular weight is 504 g/mol. The lowest BCUT2D eigenvalue weighted by molar-refractivity contribution is 0.184. The molecule has 0 fully saturated rings. The lowest BCUT2D eigenvalue weighted by Crippen LogP contribution is -2.07. The zero-order valence-electron chi connectivity index (χ0n) is 20.4. The second-order valence-corrected chi connectivity index (χ2v) is 11.1. The number of aryl methyl sites for hydroxylation is 1. The van der Waals surface area contributed by atoms with Crippen LogP contribution in [0, 0.1) is 11.8 Å². The first-order valence-corrected chi connectivity index (χ1v) is 13.9. The van der Waals surface area contributed by atoms with E-state index in [2.05, 4.69) is 22.0 Å². The topological polar surface area (TPSA) is 98.2 Å². The summed E-state index contributed by atoms with van der Waals surface area (Å²) >= 11 is 0. The number of rotatable bonds is 9. The number of sulfone groups is 1. The molecule has 36 heavy (non-hydrogen) atoms. The first-order valence-electron chi connectivity index (χ1n) is 11.8. The van der Waals surface area contributed by atoms with Crippen molar-refractivity contribution in [2.24, 2.45) is 0 Å². The molecule has 0 aliphatic heterocycles. The third kappa shape index (κ3) is 7.17. The molecule has 7 nitrogen and oxygen atoms in total. The molecule has 1 atom stereocenters. The molecule has 4 rings (SSSR count). The summed E-state index contributed by atoms with van der Waals surface area (Å²) in [7, 11) is -2.89. The van der Waals surface area contributed by atoms with Crippen LogP contribution in [0.25, 0.3) is 11.3 Å². The van der Waals surface area contributed by atoms with Gasteiger partial charge in [0.25, 0.3) is 0 Å². The number of unbranched alkanes of at least 4 members (excludes halogenated alkanes) is 1. The maximum atomic E-state index is 11.2. The van der Waals surface area contributed by atoms with Gasteiger partial charge in [0.2, 0.25) is 0 Å². The summed E-state index contributed by atoms with van der Waals surface area (Å²) in [5.74, 6) is 7.85. The Morgan fingerprint density at radius 1 is 1.03 bits per heavy atom. The number of hydrogen-bond donors (Lipinski definition) is 1. The van der Waals surface area contributed by atoms with Gasteiger partial charge in [0.1, 0.15) is 27.5 Å². The molecule has 0 aliphatic rings. The van der Waals surface area contributed by atoms with E-state index >= 15 is 0 Å². The fourth-order valence-corrected chi connectivity index (χ4v) is 4.56. The van der Waals surface area contributed by atoms with Crippen LogP contribution < -0.4 is 0 Å². The van der Waals surface area contributed by atoms with Gasteiger partial charge in [-0.05, 0) is 68.1 Å². The normalized spacial score (nSPS) is 12.2. The summed E-state index contributed by atoms with van der Waals surface area (Å²) in [6, 6.07) is 17.8. The fraction of sp³-hybridized carbons (Fsp3) is 0.286. The molecule has 186 valence electrons. The van der Waals surface area contributed by atoms with Crippen molar-refractivity contribution in [1.29, 1.82) is 0 Å². The summed E-state index contributed by atoms with van der Waals surface area (Å²) in [5.41, 5.74) is 4.65. The quantitative estimate of drug-likeness (QED) is 0.268. The van der Waals surface area contributed by atoms with Crippen molar-refractivity contribution in [2.45, 2.75) is 38.8 Å². The predicted molar refractivity (Wildman–Crippen MR) is 139 cm³/mol. The zero-order chi connectivity index (χ0) is 25.5. The fourth-order valence-electron chi connectivity index (χ4n) is 3.83. The van der Waals surface area contributed by atoms with Gasteiger partial charge in [-0.25, -0.2) is 13.4 Å². The molecule has 0 saturated heterocycles. The number of imidazole rings is 1. The van der Waals surface area contributed by atoms with E-state index in [1.807, 2.05) is 59.2 Å². The van der Waals surface area contributed by atoms with Crippen LogP contribution in [0.15, 0.2) is 71.5 Å². The van der Waals surface area contributed by atoms with E-state index in [-0.39, 0.29) is 5.75 Å². The largest absolute Gasteiger partial charge is 0.385 e. The Morgan fingerprint density at radius 3 is 2.33 bits per heavy atom. The Kier molecular flexibility index (Phi) is 8.04. The van der Waals surface area contributed by atoms with Crippen LogP contribution in [0.1, 0.15) is 54.1 Å². The highest BCUT2D eigenvalue weighted by molar-refractivity contribution is 7.90. The number of aliphatic hydroxyl groups is 1.